The number of aromatic nitrogens is 2. The van der Waals surface area contributed by atoms with E-state index < -0.39 is 5.97 Å². The van der Waals surface area contributed by atoms with E-state index in [1.165, 1.54) is 0 Å². The molecule has 0 bridgehead atoms. The third-order valence-corrected chi connectivity index (χ3v) is 4.11. The Morgan fingerprint density at radius 2 is 2.00 bits per heavy atom. The molecule has 2 rings (SSSR count). The Morgan fingerprint density at radius 3 is 2.56 bits per heavy atom. The van der Waals surface area contributed by atoms with Crippen molar-refractivity contribution in [3.05, 3.63) is 46.2 Å². The third kappa shape index (κ3) is 5.22. The Hall–Kier alpha value is -2.54. The summed E-state index contributed by atoms with van der Waals surface area (Å²) >= 11 is 6.09. The molecule has 1 aromatic carbocycles. The average molecular weight is 366 g/mol. The van der Waals surface area contributed by atoms with Crippen LogP contribution in [-0.2, 0) is 18.4 Å². The van der Waals surface area contributed by atoms with E-state index in [0.29, 0.717) is 30.3 Å². The molecule has 0 saturated heterocycles. The van der Waals surface area contributed by atoms with Gasteiger partial charge in [0, 0.05) is 20.0 Å². The highest BCUT2D eigenvalue weighted by atomic mass is 35.5. The van der Waals surface area contributed by atoms with Crippen LogP contribution in [0.1, 0.15) is 34.6 Å². The number of nitrogens with one attached hydrogen (secondary N) is 1. The van der Waals surface area contributed by atoms with Crippen molar-refractivity contribution in [1.82, 2.24) is 15.1 Å². The van der Waals surface area contributed by atoms with Gasteiger partial charge in [0.1, 0.15) is 5.75 Å². The maximum absolute atomic E-state index is 12.2. The lowest BCUT2D eigenvalue weighted by molar-refractivity contribution is -0.137. The predicted molar refractivity (Wildman–Crippen MR) is 92.9 cm³/mol. The topological polar surface area (TPSA) is 93.4 Å². The minimum atomic E-state index is -0.835. The monoisotopic (exact) mass is 365 g/mol. The number of amides is 1. The molecule has 0 aliphatic carbocycles. The van der Waals surface area contributed by atoms with Crippen LogP contribution >= 0.6 is 11.6 Å². The fraction of sp³-hybridized carbons (Fsp3) is 0.353. The van der Waals surface area contributed by atoms with Gasteiger partial charge in [-0.1, -0.05) is 23.7 Å². The number of carbonyl (C=O) groups is 2. The lowest BCUT2D eigenvalue weighted by atomic mass is 10.2. The van der Waals surface area contributed by atoms with Gasteiger partial charge in [0.2, 0.25) is 0 Å². The zero-order valence-electron chi connectivity index (χ0n) is 14.1. The molecular formula is C17H20ClN3O4. The summed E-state index contributed by atoms with van der Waals surface area (Å²) in [7, 11) is 1.73. The second-order valence-corrected chi connectivity index (χ2v) is 5.92. The highest BCUT2D eigenvalue weighted by Crippen LogP contribution is 2.19. The second kappa shape index (κ2) is 8.53. The van der Waals surface area contributed by atoms with E-state index in [9.17, 15) is 9.59 Å². The van der Waals surface area contributed by atoms with Gasteiger partial charge >= 0.3 is 5.97 Å². The molecule has 0 spiro atoms. The van der Waals surface area contributed by atoms with Crippen molar-refractivity contribution in [3.8, 4) is 5.75 Å². The molecule has 0 aliphatic rings. The molecule has 0 unspecified atom stereocenters. The van der Waals surface area contributed by atoms with Crippen molar-refractivity contribution in [2.45, 2.75) is 26.3 Å². The Morgan fingerprint density at radius 1 is 1.32 bits per heavy atom. The van der Waals surface area contributed by atoms with Crippen LogP contribution in [0, 0.1) is 6.92 Å². The Bertz CT molecular complexity index is 756. The first-order valence-corrected chi connectivity index (χ1v) is 8.17. The van der Waals surface area contributed by atoms with Crippen LogP contribution in [0.5, 0.6) is 5.75 Å². The lowest BCUT2D eigenvalue weighted by Gasteiger charge is -2.07. The van der Waals surface area contributed by atoms with Crippen LogP contribution in [0.3, 0.4) is 0 Å². The van der Waals surface area contributed by atoms with Gasteiger partial charge in [-0.3, -0.25) is 14.3 Å². The lowest BCUT2D eigenvalue weighted by Crippen LogP contribution is -2.23. The minimum absolute atomic E-state index is 0.0830. The summed E-state index contributed by atoms with van der Waals surface area (Å²) in [4.78, 5) is 22.6. The molecule has 1 amide bonds. The Labute approximate surface area is 150 Å². The van der Waals surface area contributed by atoms with E-state index >= 15 is 0 Å². The molecule has 8 heteroatoms. The van der Waals surface area contributed by atoms with Crippen LogP contribution in [0.15, 0.2) is 24.3 Å². The number of halogens is 1. The maximum Gasteiger partial charge on any atom is 0.303 e. The van der Waals surface area contributed by atoms with Gasteiger partial charge in [-0.2, -0.15) is 5.10 Å². The normalized spacial score (nSPS) is 10.5. The molecule has 0 radical (unpaired) electrons. The number of aryl methyl sites for hydroxylation is 1. The van der Waals surface area contributed by atoms with E-state index in [-0.39, 0.29) is 18.0 Å². The summed E-state index contributed by atoms with van der Waals surface area (Å²) in [6, 6.07) is 7.22. The number of rotatable bonds is 8. The van der Waals surface area contributed by atoms with E-state index in [4.69, 9.17) is 21.4 Å². The quantitative estimate of drug-likeness (QED) is 0.701. The Balaban J connectivity index is 1.83. The van der Waals surface area contributed by atoms with E-state index in [1.54, 1.807) is 30.8 Å². The predicted octanol–water partition coefficient (Wildman–Crippen LogP) is 2.56. The average Bonchev–Trinajstić information content (AvgIpc) is 2.85. The number of benzene rings is 1. The van der Waals surface area contributed by atoms with Crippen LogP contribution in [0.4, 0.5) is 0 Å². The summed E-state index contributed by atoms with van der Waals surface area (Å²) in [6.45, 7) is 2.48. The zero-order valence-corrected chi connectivity index (χ0v) is 14.8. The summed E-state index contributed by atoms with van der Waals surface area (Å²) in [5.41, 5.74) is 1.84. The highest BCUT2D eigenvalue weighted by molar-refractivity contribution is 6.34. The van der Waals surface area contributed by atoms with Crippen molar-refractivity contribution < 1.29 is 19.4 Å². The van der Waals surface area contributed by atoms with Crippen molar-refractivity contribution in [2.24, 2.45) is 7.05 Å². The zero-order chi connectivity index (χ0) is 18.4. The number of ether oxygens (including phenoxy) is 1. The maximum atomic E-state index is 12.2. The number of carboxylic acids is 1. The molecule has 2 N–H and O–H groups in total. The van der Waals surface area contributed by atoms with Crippen molar-refractivity contribution >= 4 is 23.5 Å². The minimum Gasteiger partial charge on any atom is -0.494 e. The fourth-order valence-corrected chi connectivity index (χ4v) is 2.36. The Kier molecular flexibility index (Phi) is 6.41. The van der Waals surface area contributed by atoms with Gasteiger partial charge in [-0.15, -0.1) is 0 Å². The van der Waals surface area contributed by atoms with E-state index in [2.05, 4.69) is 10.4 Å². The van der Waals surface area contributed by atoms with E-state index in [0.717, 1.165) is 11.3 Å². The highest BCUT2D eigenvalue weighted by Gasteiger charge is 2.17. The van der Waals surface area contributed by atoms with Crippen LogP contribution in [0.25, 0.3) is 0 Å². The number of nitrogens with zero attached hydrogens (tertiary/aromatic N) is 2. The number of aliphatic carboxylic acids is 1. The third-order valence-electron chi connectivity index (χ3n) is 3.66. The standard InChI is InChI=1S/C17H20ClN3O4/c1-11-15(18)16(20-21(11)2)17(24)19-10-12-5-7-13(8-6-12)25-9-3-4-14(22)23/h5-8H,3-4,9-10H2,1-2H3,(H,19,24)(H,22,23). The molecule has 1 heterocycles. The van der Waals surface area contributed by atoms with Crippen LogP contribution in [-0.4, -0.2) is 33.4 Å². The summed E-state index contributed by atoms with van der Waals surface area (Å²) in [5.74, 6) is -0.510. The fourth-order valence-electron chi connectivity index (χ4n) is 2.11. The van der Waals surface area contributed by atoms with Gasteiger partial charge in [0.05, 0.1) is 17.3 Å². The summed E-state index contributed by atoms with van der Waals surface area (Å²) < 4.78 is 7.02. The van der Waals surface area contributed by atoms with Crippen molar-refractivity contribution in [1.29, 1.82) is 0 Å². The molecule has 2 aromatic rings. The first kappa shape index (κ1) is 18.8. The second-order valence-electron chi connectivity index (χ2n) is 5.54. The van der Waals surface area contributed by atoms with E-state index in [1.807, 2.05) is 12.1 Å². The molecule has 0 atom stereocenters. The SMILES string of the molecule is Cc1c(Cl)c(C(=O)NCc2ccc(OCCCC(=O)O)cc2)nn1C. The molecule has 0 fully saturated rings. The van der Waals surface area contributed by atoms with Crippen molar-refractivity contribution in [2.75, 3.05) is 6.61 Å². The summed E-state index contributed by atoms with van der Waals surface area (Å²) in [6.07, 6.45) is 0.539. The van der Waals surface area contributed by atoms with Gasteiger partial charge in [0.15, 0.2) is 5.69 Å². The number of hydrogen-bond donors (Lipinski definition) is 2. The van der Waals surface area contributed by atoms with Crippen LogP contribution < -0.4 is 10.1 Å². The largest absolute Gasteiger partial charge is 0.494 e. The number of carbonyl (C=O) groups excluding carboxylic acids is 1. The molecule has 1 aromatic heterocycles. The summed E-state index contributed by atoms with van der Waals surface area (Å²) in [5, 5.41) is 15.8. The molecular weight excluding hydrogens is 346 g/mol. The van der Waals surface area contributed by atoms with Gasteiger partial charge in [-0.05, 0) is 31.0 Å². The molecule has 7 nitrogen and oxygen atoms in total. The van der Waals surface area contributed by atoms with Crippen molar-refractivity contribution in [3.63, 3.8) is 0 Å². The number of carboxylic acid groups (broad SMARTS) is 1. The van der Waals surface area contributed by atoms with Gasteiger partial charge in [-0.25, -0.2) is 0 Å². The molecule has 134 valence electrons. The molecule has 25 heavy (non-hydrogen) atoms. The molecule has 0 aliphatic heterocycles. The first-order valence-electron chi connectivity index (χ1n) is 7.79. The smallest absolute Gasteiger partial charge is 0.303 e. The van der Waals surface area contributed by atoms with Gasteiger partial charge in [0.25, 0.3) is 5.91 Å². The first-order chi connectivity index (χ1) is 11.9. The van der Waals surface area contributed by atoms with Gasteiger partial charge < -0.3 is 15.2 Å². The molecule has 0 saturated carbocycles. The number of hydrogen-bond acceptors (Lipinski definition) is 4. The van der Waals surface area contributed by atoms with Crippen LogP contribution in [0.2, 0.25) is 5.02 Å².